The summed E-state index contributed by atoms with van der Waals surface area (Å²) in [5.74, 6) is 0.736. The Kier molecular flexibility index (Phi) is 8.83. The molecular weight excluding hydrogens is 548 g/mol. The van der Waals surface area contributed by atoms with Crippen molar-refractivity contribution in [1.82, 2.24) is 4.57 Å². The van der Waals surface area contributed by atoms with Crippen LogP contribution in [-0.2, 0) is 22.6 Å². The van der Waals surface area contributed by atoms with Crippen LogP contribution in [-0.4, -0.2) is 24.3 Å². The average Bonchev–Trinajstić information content (AvgIpc) is 3.30. The van der Waals surface area contributed by atoms with E-state index in [0.717, 1.165) is 22.3 Å². The minimum atomic E-state index is -0.652. The van der Waals surface area contributed by atoms with Crippen LogP contribution >= 0.6 is 11.3 Å². The van der Waals surface area contributed by atoms with Crippen molar-refractivity contribution in [2.24, 2.45) is 4.99 Å². The van der Waals surface area contributed by atoms with E-state index in [1.807, 2.05) is 91.9 Å². The van der Waals surface area contributed by atoms with Crippen molar-refractivity contribution in [3.05, 3.63) is 139 Å². The Morgan fingerprint density at radius 2 is 1.79 bits per heavy atom. The van der Waals surface area contributed by atoms with Crippen LogP contribution in [0.3, 0.4) is 0 Å². The number of carbonyl (C=O) groups is 1. The third-order valence-electron chi connectivity index (χ3n) is 6.88. The number of benzene rings is 3. The molecule has 1 aliphatic heterocycles. The average molecular weight is 581 g/mol. The lowest BCUT2D eigenvalue weighted by molar-refractivity contribution is -0.136. The Balaban J connectivity index is 1.63. The Morgan fingerprint density at radius 1 is 1.07 bits per heavy atom. The summed E-state index contributed by atoms with van der Waals surface area (Å²) in [5, 5.41) is 0. The SMILES string of the molecule is C=CCc1cc(C=c2sc3n(c2=O)C(c2ccccc2)C(C(=O)OC)=C(C)N=3)cc(OCC)c1OCc1ccccc1. The molecule has 8 heteroatoms. The maximum absolute atomic E-state index is 13.9. The van der Waals surface area contributed by atoms with E-state index in [1.54, 1.807) is 11.5 Å². The Bertz CT molecular complexity index is 1820. The van der Waals surface area contributed by atoms with E-state index in [1.165, 1.54) is 18.4 Å². The molecule has 0 amide bonds. The van der Waals surface area contributed by atoms with Crippen LogP contribution < -0.4 is 24.4 Å². The summed E-state index contributed by atoms with van der Waals surface area (Å²) in [4.78, 5) is 32.0. The molecule has 1 unspecified atom stereocenters. The van der Waals surface area contributed by atoms with E-state index in [4.69, 9.17) is 14.2 Å². The highest BCUT2D eigenvalue weighted by molar-refractivity contribution is 7.07. The first-order valence-electron chi connectivity index (χ1n) is 13.7. The van der Waals surface area contributed by atoms with E-state index < -0.39 is 12.0 Å². The fraction of sp³-hybridized carbons (Fsp3) is 0.206. The van der Waals surface area contributed by atoms with Gasteiger partial charge in [-0.15, -0.1) is 6.58 Å². The standard InChI is InChI=1S/C34H32N2O5S/c1-5-13-26-18-24(19-27(40-6-2)31(26)41-21-23-14-9-7-10-15-23)20-28-32(37)36-30(25-16-11-8-12-17-25)29(33(38)39-4)22(3)35-34(36)42-28/h5,7-12,14-20,30H,1,6,13,21H2,2-4H3. The molecule has 1 atom stereocenters. The number of allylic oxidation sites excluding steroid dienone is 2. The summed E-state index contributed by atoms with van der Waals surface area (Å²) in [7, 11) is 1.33. The largest absolute Gasteiger partial charge is 0.490 e. The van der Waals surface area contributed by atoms with Crippen molar-refractivity contribution in [3.8, 4) is 11.5 Å². The number of nitrogens with zero attached hydrogens (tertiary/aromatic N) is 2. The summed E-state index contributed by atoms with van der Waals surface area (Å²) >= 11 is 1.28. The molecular formula is C34H32N2O5S. The predicted molar refractivity (Wildman–Crippen MR) is 165 cm³/mol. The lowest BCUT2D eigenvalue weighted by atomic mass is 9.96. The van der Waals surface area contributed by atoms with Gasteiger partial charge in [-0.1, -0.05) is 78.1 Å². The quantitative estimate of drug-likeness (QED) is 0.192. The molecule has 0 saturated heterocycles. The van der Waals surface area contributed by atoms with Gasteiger partial charge in [-0.05, 0) is 55.2 Å². The topological polar surface area (TPSA) is 79.1 Å². The molecule has 42 heavy (non-hydrogen) atoms. The smallest absolute Gasteiger partial charge is 0.338 e. The molecule has 7 nitrogen and oxygen atoms in total. The van der Waals surface area contributed by atoms with E-state index in [9.17, 15) is 9.59 Å². The third-order valence-corrected chi connectivity index (χ3v) is 7.87. The van der Waals surface area contributed by atoms with Crippen molar-refractivity contribution in [1.29, 1.82) is 0 Å². The number of aromatic nitrogens is 1. The van der Waals surface area contributed by atoms with E-state index >= 15 is 0 Å². The van der Waals surface area contributed by atoms with Gasteiger partial charge >= 0.3 is 5.97 Å². The Morgan fingerprint density at radius 3 is 2.45 bits per heavy atom. The Hall–Kier alpha value is -4.69. The molecule has 0 spiro atoms. The monoisotopic (exact) mass is 580 g/mol. The fourth-order valence-electron chi connectivity index (χ4n) is 5.03. The molecule has 0 saturated carbocycles. The van der Waals surface area contributed by atoms with Gasteiger partial charge in [0, 0.05) is 5.56 Å². The van der Waals surface area contributed by atoms with Crippen molar-refractivity contribution in [3.63, 3.8) is 0 Å². The van der Waals surface area contributed by atoms with Crippen molar-refractivity contribution >= 4 is 23.4 Å². The Labute approximate surface area is 248 Å². The summed E-state index contributed by atoms with van der Waals surface area (Å²) in [6.45, 7) is 8.46. The van der Waals surface area contributed by atoms with Crippen molar-refractivity contribution in [2.75, 3.05) is 13.7 Å². The number of hydrogen-bond acceptors (Lipinski definition) is 7. The molecule has 214 valence electrons. The van der Waals surface area contributed by atoms with Gasteiger partial charge in [0.05, 0.1) is 35.6 Å². The van der Waals surface area contributed by atoms with E-state index in [-0.39, 0.29) is 5.56 Å². The predicted octanol–water partition coefficient (Wildman–Crippen LogP) is 5.11. The van der Waals surface area contributed by atoms with Gasteiger partial charge in [-0.25, -0.2) is 9.79 Å². The number of methoxy groups -OCH3 is 1. The maximum atomic E-state index is 13.9. The first-order chi connectivity index (χ1) is 20.4. The van der Waals surface area contributed by atoms with Crippen LogP contribution in [0.5, 0.6) is 11.5 Å². The second kappa shape index (κ2) is 12.9. The van der Waals surface area contributed by atoms with Crippen LogP contribution in [0.15, 0.2) is 107 Å². The van der Waals surface area contributed by atoms with Gasteiger partial charge in [0.15, 0.2) is 16.3 Å². The lowest BCUT2D eigenvalue weighted by Gasteiger charge is -2.24. The van der Waals surface area contributed by atoms with Crippen LogP contribution in [0.4, 0.5) is 0 Å². The summed E-state index contributed by atoms with van der Waals surface area (Å²) in [5.41, 5.74) is 4.15. The molecule has 5 rings (SSSR count). The summed E-state index contributed by atoms with van der Waals surface area (Å²) < 4.78 is 19.4. The van der Waals surface area contributed by atoms with Crippen LogP contribution in [0.25, 0.3) is 6.08 Å². The van der Waals surface area contributed by atoms with Gasteiger partial charge in [-0.2, -0.15) is 0 Å². The summed E-state index contributed by atoms with van der Waals surface area (Å²) in [6.07, 6.45) is 4.21. The van der Waals surface area contributed by atoms with Crippen LogP contribution in [0.1, 0.15) is 42.1 Å². The molecule has 0 bridgehead atoms. The molecule has 1 aliphatic rings. The minimum absolute atomic E-state index is 0.242. The number of hydrogen-bond donors (Lipinski definition) is 0. The van der Waals surface area contributed by atoms with E-state index in [2.05, 4.69) is 11.6 Å². The second-order valence-corrected chi connectivity index (χ2v) is 10.7. The highest BCUT2D eigenvalue weighted by Crippen LogP contribution is 2.35. The van der Waals surface area contributed by atoms with Gasteiger partial charge in [0.2, 0.25) is 0 Å². The van der Waals surface area contributed by atoms with Crippen LogP contribution in [0.2, 0.25) is 0 Å². The first-order valence-corrected chi connectivity index (χ1v) is 14.5. The molecule has 4 aromatic rings. The number of carbonyl (C=O) groups excluding carboxylic acids is 1. The van der Waals surface area contributed by atoms with Crippen molar-refractivity contribution in [2.45, 2.75) is 32.9 Å². The zero-order valence-electron chi connectivity index (χ0n) is 23.8. The van der Waals surface area contributed by atoms with Gasteiger partial charge in [0.25, 0.3) is 5.56 Å². The highest BCUT2D eigenvalue weighted by Gasteiger charge is 2.33. The number of thiazole rings is 1. The minimum Gasteiger partial charge on any atom is -0.490 e. The number of ether oxygens (including phenoxy) is 3. The molecule has 2 heterocycles. The number of fused-ring (bicyclic) bond motifs is 1. The lowest BCUT2D eigenvalue weighted by Crippen LogP contribution is -2.39. The van der Waals surface area contributed by atoms with E-state index in [0.29, 0.717) is 51.7 Å². The van der Waals surface area contributed by atoms with Gasteiger partial charge in [-0.3, -0.25) is 9.36 Å². The van der Waals surface area contributed by atoms with Gasteiger partial charge < -0.3 is 14.2 Å². The first kappa shape index (κ1) is 28.8. The summed E-state index contributed by atoms with van der Waals surface area (Å²) in [6, 6.07) is 22.6. The third kappa shape index (κ3) is 5.85. The molecule has 0 N–H and O–H groups in total. The number of esters is 1. The second-order valence-electron chi connectivity index (χ2n) is 9.69. The maximum Gasteiger partial charge on any atom is 0.338 e. The molecule has 1 aromatic heterocycles. The zero-order chi connectivity index (χ0) is 29.6. The molecule has 3 aromatic carbocycles. The van der Waals surface area contributed by atoms with Crippen molar-refractivity contribution < 1.29 is 19.0 Å². The molecule has 0 fully saturated rings. The molecule has 0 radical (unpaired) electrons. The normalized spacial score (nSPS) is 14.6. The van der Waals surface area contributed by atoms with Crippen LogP contribution in [0, 0.1) is 0 Å². The number of rotatable bonds is 10. The molecule has 0 aliphatic carbocycles. The highest BCUT2D eigenvalue weighted by atomic mass is 32.1. The zero-order valence-corrected chi connectivity index (χ0v) is 24.6. The van der Waals surface area contributed by atoms with Gasteiger partial charge in [0.1, 0.15) is 6.61 Å². The fourth-order valence-corrected chi connectivity index (χ4v) is 6.07.